The Bertz CT molecular complexity index is 221. The maximum atomic E-state index is 10.3. The molecule has 0 heterocycles. The molecule has 0 aromatic carbocycles. The maximum absolute atomic E-state index is 10.3. The molecule has 1 N–H and O–H groups in total. The number of rotatable bonds is 14. The number of hydrogen-bond acceptors (Lipinski definition) is 1. The van der Waals surface area contributed by atoms with Gasteiger partial charge in [0.2, 0.25) is 0 Å². The van der Waals surface area contributed by atoms with Crippen molar-refractivity contribution in [2.45, 2.75) is 90.4 Å². The third kappa shape index (κ3) is 17.2. The Morgan fingerprint density at radius 3 is 1.79 bits per heavy atom. The molecule has 0 aromatic rings. The molecule has 0 rings (SSSR count). The molecule has 0 saturated heterocycles. The van der Waals surface area contributed by atoms with Gasteiger partial charge in [0.05, 0.1) is 0 Å². The second kappa shape index (κ2) is 15.3. The van der Waals surface area contributed by atoms with Gasteiger partial charge in [0.15, 0.2) is 0 Å². The SMILES string of the molecule is CCCCCCCCC=CCCCCCCC(=O)O. The monoisotopic (exact) mass is 268 g/mol. The molecular weight excluding hydrogens is 236 g/mol. The van der Waals surface area contributed by atoms with Crippen molar-refractivity contribution in [3.05, 3.63) is 12.2 Å². The maximum Gasteiger partial charge on any atom is 0.303 e. The van der Waals surface area contributed by atoms with Crippen LogP contribution in [0.5, 0.6) is 0 Å². The average molecular weight is 268 g/mol. The summed E-state index contributed by atoms with van der Waals surface area (Å²) < 4.78 is 0. The lowest BCUT2D eigenvalue weighted by Crippen LogP contribution is -1.93. The molecule has 0 atom stereocenters. The summed E-state index contributed by atoms with van der Waals surface area (Å²) in [6.07, 6.45) is 19.8. The fraction of sp³-hybridized carbons (Fsp3) is 0.824. The lowest BCUT2D eigenvalue weighted by molar-refractivity contribution is -0.137. The minimum atomic E-state index is -0.668. The Balaban J connectivity index is 3.07. The molecule has 0 aliphatic rings. The number of hydrogen-bond donors (Lipinski definition) is 1. The van der Waals surface area contributed by atoms with Crippen LogP contribution in [0.15, 0.2) is 12.2 Å². The van der Waals surface area contributed by atoms with E-state index in [1.165, 1.54) is 51.4 Å². The number of unbranched alkanes of at least 4 members (excludes halogenated alkanes) is 10. The smallest absolute Gasteiger partial charge is 0.303 e. The van der Waals surface area contributed by atoms with Crippen LogP contribution in [-0.2, 0) is 4.79 Å². The molecule has 0 radical (unpaired) electrons. The highest BCUT2D eigenvalue weighted by atomic mass is 16.4. The van der Waals surface area contributed by atoms with Crippen molar-refractivity contribution in [1.82, 2.24) is 0 Å². The van der Waals surface area contributed by atoms with Crippen LogP contribution >= 0.6 is 0 Å². The fourth-order valence-electron chi connectivity index (χ4n) is 2.17. The van der Waals surface area contributed by atoms with Crippen molar-refractivity contribution >= 4 is 5.97 Å². The fourth-order valence-corrected chi connectivity index (χ4v) is 2.17. The Kier molecular flexibility index (Phi) is 14.6. The van der Waals surface area contributed by atoms with Gasteiger partial charge in [0.1, 0.15) is 0 Å². The molecule has 0 bridgehead atoms. The third-order valence-corrected chi connectivity index (χ3v) is 3.40. The van der Waals surface area contributed by atoms with Crippen LogP contribution in [0.25, 0.3) is 0 Å². The molecule has 0 amide bonds. The van der Waals surface area contributed by atoms with E-state index in [-0.39, 0.29) is 0 Å². The van der Waals surface area contributed by atoms with Gasteiger partial charge in [-0.1, -0.05) is 64.0 Å². The van der Waals surface area contributed by atoms with Gasteiger partial charge in [0, 0.05) is 6.42 Å². The first-order chi connectivity index (χ1) is 9.27. The molecule has 0 aliphatic carbocycles. The van der Waals surface area contributed by atoms with E-state index in [0.29, 0.717) is 6.42 Å². The number of aliphatic carboxylic acids is 1. The van der Waals surface area contributed by atoms with Gasteiger partial charge >= 0.3 is 5.97 Å². The Labute approximate surface area is 119 Å². The Morgan fingerprint density at radius 1 is 0.789 bits per heavy atom. The van der Waals surface area contributed by atoms with Gasteiger partial charge in [-0.05, 0) is 32.1 Å². The first-order valence-electron chi connectivity index (χ1n) is 8.14. The van der Waals surface area contributed by atoms with Crippen molar-refractivity contribution < 1.29 is 9.90 Å². The second-order valence-corrected chi connectivity index (χ2v) is 5.37. The lowest BCUT2D eigenvalue weighted by atomic mass is 10.1. The zero-order chi connectivity index (χ0) is 14.2. The van der Waals surface area contributed by atoms with E-state index in [0.717, 1.165) is 25.7 Å². The number of carbonyl (C=O) groups is 1. The van der Waals surface area contributed by atoms with Gasteiger partial charge in [0.25, 0.3) is 0 Å². The molecule has 0 saturated carbocycles. The van der Waals surface area contributed by atoms with Gasteiger partial charge in [-0.2, -0.15) is 0 Å². The van der Waals surface area contributed by atoms with E-state index in [2.05, 4.69) is 19.1 Å². The quantitative estimate of drug-likeness (QED) is 0.323. The minimum absolute atomic E-state index is 0.327. The van der Waals surface area contributed by atoms with Crippen LogP contribution in [0.4, 0.5) is 0 Å². The van der Waals surface area contributed by atoms with Gasteiger partial charge in [-0.3, -0.25) is 4.79 Å². The largest absolute Gasteiger partial charge is 0.481 e. The summed E-state index contributed by atoms with van der Waals surface area (Å²) in [7, 11) is 0. The van der Waals surface area contributed by atoms with E-state index in [9.17, 15) is 4.79 Å². The summed E-state index contributed by atoms with van der Waals surface area (Å²) in [5.41, 5.74) is 0. The van der Waals surface area contributed by atoms with Crippen LogP contribution in [0.2, 0.25) is 0 Å². The molecule has 0 spiro atoms. The van der Waals surface area contributed by atoms with Crippen molar-refractivity contribution in [3.63, 3.8) is 0 Å². The molecule has 0 unspecified atom stereocenters. The predicted octanol–water partition coefficient (Wildman–Crippen LogP) is 5.72. The van der Waals surface area contributed by atoms with Crippen LogP contribution in [0, 0.1) is 0 Å². The highest BCUT2D eigenvalue weighted by Gasteiger charge is 1.95. The molecule has 0 fully saturated rings. The molecule has 0 aromatic heterocycles. The first kappa shape index (κ1) is 18.2. The van der Waals surface area contributed by atoms with Crippen molar-refractivity contribution in [3.8, 4) is 0 Å². The van der Waals surface area contributed by atoms with E-state index >= 15 is 0 Å². The molecule has 112 valence electrons. The third-order valence-electron chi connectivity index (χ3n) is 3.40. The van der Waals surface area contributed by atoms with Crippen LogP contribution in [0.3, 0.4) is 0 Å². The van der Waals surface area contributed by atoms with E-state index in [1.54, 1.807) is 0 Å². The Hall–Kier alpha value is -0.790. The number of carboxylic acid groups (broad SMARTS) is 1. The predicted molar refractivity (Wildman–Crippen MR) is 82.5 cm³/mol. The summed E-state index contributed by atoms with van der Waals surface area (Å²) in [5, 5.41) is 8.49. The minimum Gasteiger partial charge on any atom is -0.481 e. The summed E-state index contributed by atoms with van der Waals surface area (Å²) >= 11 is 0. The van der Waals surface area contributed by atoms with Crippen molar-refractivity contribution in [2.24, 2.45) is 0 Å². The Morgan fingerprint density at radius 2 is 1.26 bits per heavy atom. The van der Waals surface area contributed by atoms with Crippen LogP contribution < -0.4 is 0 Å². The summed E-state index contributed by atoms with van der Waals surface area (Å²) in [4.78, 5) is 10.3. The van der Waals surface area contributed by atoms with E-state index in [1.807, 2.05) is 0 Å². The highest BCUT2D eigenvalue weighted by molar-refractivity contribution is 5.66. The van der Waals surface area contributed by atoms with Crippen molar-refractivity contribution in [1.29, 1.82) is 0 Å². The first-order valence-corrected chi connectivity index (χ1v) is 8.14. The lowest BCUT2D eigenvalue weighted by Gasteiger charge is -1.98. The second-order valence-electron chi connectivity index (χ2n) is 5.37. The molecule has 2 nitrogen and oxygen atoms in total. The molecule has 19 heavy (non-hydrogen) atoms. The molecule has 2 heteroatoms. The highest BCUT2D eigenvalue weighted by Crippen LogP contribution is 2.09. The van der Waals surface area contributed by atoms with E-state index < -0.39 is 5.97 Å². The van der Waals surface area contributed by atoms with Crippen molar-refractivity contribution in [2.75, 3.05) is 0 Å². The average Bonchev–Trinajstić information content (AvgIpc) is 2.39. The van der Waals surface area contributed by atoms with E-state index in [4.69, 9.17) is 5.11 Å². The van der Waals surface area contributed by atoms with Gasteiger partial charge in [-0.25, -0.2) is 0 Å². The number of allylic oxidation sites excluding steroid dienone is 2. The van der Waals surface area contributed by atoms with Gasteiger partial charge in [-0.15, -0.1) is 0 Å². The zero-order valence-corrected chi connectivity index (χ0v) is 12.7. The molecule has 0 aliphatic heterocycles. The van der Waals surface area contributed by atoms with Crippen LogP contribution in [0.1, 0.15) is 90.4 Å². The zero-order valence-electron chi connectivity index (χ0n) is 12.7. The summed E-state index contributed by atoms with van der Waals surface area (Å²) in [6, 6.07) is 0. The summed E-state index contributed by atoms with van der Waals surface area (Å²) in [5.74, 6) is -0.668. The molecular formula is C17H32O2. The van der Waals surface area contributed by atoms with Gasteiger partial charge < -0.3 is 5.11 Å². The standard InChI is InChI=1S/C17H32O2/c1-2-3-4-5-6-7-8-9-10-11-12-13-14-15-16-17(18)19/h9-10H,2-8,11-16H2,1H3,(H,18,19). The topological polar surface area (TPSA) is 37.3 Å². The summed E-state index contributed by atoms with van der Waals surface area (Å²) in [6.45, 7) is 2.25. The van der Waals surface area contributed by atoms with Crippen LogP contribution in [-0.4, -0.2) is 11.1 Å². The number of carboxylic acids is 1. The normalized spacial score (nSPS) is 11.2.